The molecule has 0 spiro atoms. The SMILES string of the molecule is COc1cc2c(NC3CCN(C)CC3)cc(-c3ccc(C)o3)nc2cc1OCC1CCN(C)CC1. The Hall–Kier alpha value is -2.77. The maximum absolute atomic E-state index is 6.33. The van der Waals surface area contributed by atoms with Crippen molar-refractivity contribution in [3.63, 3.8) is 0 Å². The second-order valence-electron chi connectivity index (χ2n) is 10.3. The van der Waals surface area contributed by atoms with E-state index in [2.05, 4.69) is 41.3 Å². The fourth-order valence-corrected chi connectivity index (χ4v) is 5.13. The molecule has 5 rings (SSSR count). The molecule has 2 aliphatic heterocycles. The van der Waals surface area contributed by atoms with Gasteiger partial charge in [-0.2, -0.15) is 0 Å². The summed E-state index contributed by atoms with van der Waals surface area (Å²) >= 11 is 0. The monoisotopic (exact) mass is 478 g/mol. The molecule has 35 heavy (non-hydrogen) atoms. The van der Waals surface area contributed by atoms with Crippen molar-refractivity contribution < 1.29 is 13.9 Å². The van der Waals surface area contributed by atoms with Crippen LogP contribution in [-0.2, 0) is 0 Å². The first kappa shape index (κ1) is 23.9. The largest absolute Gasteiger partial charge is 0.493 e. The van der Waals surface area contributed by atoms with Gasteiger partial charge in [-0.3, -0.25) is 0 Å². The van der Waals surface area contributed by atoms with Gasteiger partial charge in [-0.1, -0.05) is 0 Å². The van der Waals surface area contributed by atoms with E-state index in [0.29, 0.717) is 18.6 Å². The summed E-state index contributed by atoms with van der Waals surface area (Å²) in [7, 11) is 6.08. The van der Waals surface area contributed by atoms with Crippen molar-refractivity contribution in [1.29, 1.82) is 0 Å². The Morgan fingerprint density at radius 2 is 1.69 bits per heavy atom. The number of anilines is 1. The highest BCUT2D eigenvalue weighted by Gasteiger charge is 2.21. The average molecular weight is 479 g/mol. The van der Waals surface area contributed by atoms with Crippen molar-refractivity contribution in [2.24, 2.45) is 5.92 Å². The number of furan rings is 1. The summed E-state index contributed by atoms with van der Waals surface area (Å²) in [6.45, 7) is 7.12. The Morgan fingerprint density at radius 3 is 2.34 bits per heavy atom. The van der Waals surface area contributed by atoms with Crippen molar-refractivity contribution in [2.45, 2.75) is 38.6 Å². The van der Waals surface area contributed by atoms with Crippen LogP contribution in [0.25, 0.3) is 22.4 Å². The third kappa shape index (κ3) is 5.57. The lowest BCUT2D eigenvalue weighted by molar-refractivity contribution is 0.157. The van der Waals surface area contributed by atoms with Gasteiger partial charge in [-0.05, 0) is 103 Å². The summed E-state index contributed by atoms with van der Waals surface area (Å²) in [5.74, 6) is 3.73. The molecule has 0 amide bonds. The molecule has 4 heterocycles. The van der Waals surface area contributed by atoms with E-state index >= 15 is 0 Å². The normalized spacial score (nSPS) is 18.7. The number of fused-ring (bicyclic) bond motifs is 1. The van der Waals surface area contributed by atoms with E-state index in [1.54, 1.807) is 7.11 Å². The number of methoxy groups -OCH3 is 1. The third-order valence-corrected chi connectivity index (χ3v) is 7.48. The van der Waals surface area contributed by atoms with E-state index in [4.69, 9.17) is 18.9 Å². The van der Waals surface area contributed by atoms with Crippen molar-refractivity contribution in [1.82, 2.24) is 14.8 Å². The Balaban J connectivity index is 1.48. The summed E-state index contributed by atoms with van der Waals surface area (Å²) in [6.07, 6.45) is 4.56. The molecule has 0 aliphatic carbocycles. The van der Waals surface area contributed by atoms with E-state index < -0.39 is 0 Å². The van der Waals surface area contributed by atoms with Gasteiger partial charge in [0.25, 0.3) is 0 Å². The zero-order valence-electron chi connectivity index (χ0n) is 21.5. The summed E-state index contributed by atoms with van der Waals surface area (Å²) in [4.78, 5) is 9.75. The van der Waals surface area contributed by atoms with Crippen molar-refractivity contribution >= 4 is 16.6 Å². The quantitative estimate of drug-likeness (QED) is 0.510. The molecule has 0 radical (unpaired) electrons. The molecule has 2 saturated heterocycles. The van der Waals surface area contributed by atoms with E-state index in [0.717, 1.165) is 97.2 Å². The lowest BCUT2D eigenvalue weighted by Crippen LogP contribution is -2.36. The predicted molar refractivity (Wildman–Crippen MR) is 141 cm³/mol. The number of nitrogens with one attached hydrogen (secondary N) is 1. The highest BCUT2D eigenvalue weighted by atomic mass is 16.5. The number of hydrogen-bond donors (Lipinski definition) is 1. The maximum Gasteiger partial charge on any atom is 0.163 e. The number of ether oxygens (including phenoxy) is 2. The van der Waals surface area contributed by atoms with Gasteiger partial charge in [-0.25, -0.2) is 4.98 Å². The van der Waals surface area contributed by atoms with Crippen molar-refractivity contribution in [3.05, 3.63) is 36.1 Å². The summed E-state index contributed by atoms with van der Waals surface area (Å²) in [5, 5.41) is 4.85. The molecular formula is C28H38N4O3. The van der Waals surface area contributed by atoms with Gasteiger partial charge >= 0.3 is 0 Å². The first-order valence-electron chi connectivity index (χ1n) is 12.8. The number of hydrogen-bond acceptors (Lipinski definition) is 7. The molecule has 1 N–H and O–H groups in total. The minimum absolute atomic E-state index is 0.425. The predicted octanol–water partition coefficient (Wildman–Crippen LogP) is 5.04. The van der Waals surface area contributed by atoms with Crippen LogP contribution in [0.4, 0.5) is 5.69 Å². The molecule has 1 aromatic carbocycles. The molecule has 7 heteroatoms. The molecule has 7 nitrogen and oxygen atoms in total. The first-order valence-corrected chi connectivity index (χ1v) is 12.8. The van der Waals surface area contributed by atoms with Gasteiger partial charge in [0, 0.05) is 23.2 Å². The minimum Gasteiger partial charge on any atom is -0.493 e. The molecule has 2 fully saturated rings. The van der Waals surface area contributed by atoms with Crippen LogP contribution in [0.5, 0.6) is 11.5 Å². The molecule has 0 unspecified atom stereocenters. The zero-order chi connectivity index (χ0) is 24.4. The highest BCUT2D eigenvalue weighted by Crippen LogP contribution is 2.38. The standard InChI is InChI=1S/C28H38N4O3/c1-19-5-6-26(35-19)25-16-23(29-21-9-13-32(3)14-10-21)22-15-27(33-4)28(17-24(22)30-25)34-18-20-7-11-31(2)12-8-20/h5-6,15-17,20-21H,7-14,18H2,1-4H3,(H,29,30). The van der Waals surface area contributed by atoms with Gasteiger partial charge in [0.05, 0.1) is 19.2 Å². The smallest absolute Gasteiger partial charge is 0.163 e. The van der Waals surface area contributed by atoms with Crippen LogP contribution in [0.2, 0.25) is 0 Å². The maximum atomic E-state index is 6.33. The van der Waals surface area contributed by atoms with E-state index in [1.807, 2.05) is 25.1 Å². The topological polar surface area (TPSA) is 63.0 Å². The number of piperidine rings is 2. The third-order valence-electron chi connectivity index (χ3n) is 7.48. The van der Waals surface area contributed by atoms with Gasteiger partial charge in [0.15, 0.2) is 17.3 Å². The highest BCUT2D eigenvalue weighted by molar-refractivity contribution is 5.95. The Morgan fingerprint density at radius 1 is 0.971 bits per heavy atom. The molecule has 188 valence electrons. The molecule has 2 aromatic heterocycles. The van der Waals surface area contributed by atoms with E-state index in [9.17, 15) is 0 Å². The van der Waals surface area contributed by atoms with Crippen LogP contribution in [0.3, 0.4) is 0 Å². The van der Waals surface area contributed by atoms with Crippen molar-refractivity contribution in [2.75, 3.05) is 59.3 Å². The second kappa shape index (κ2) is 10.5. The fraction of sp³-hybridized carbons (Fsp3) is 0.536. The minimum atomic E-state index is 0.425. The Labute approximate surface area is 208 Å². The Kier molecular flexibility index (Phi) is 7.16. The summed E-state index contributed by atoms with van der Waals surface area (Å²) < 4.78 is 18.0. The van der Waals surface area contributed by atoms with Crippen LogP contribution in [-0.4, -0.2) is 74.8 Å². The van der Waals surface area contributed by atoms with Crippen LogP contribution in [0.1, 0.15) is 31.4 Å². The Bertz CT molecular complexity index is 1140. The fourth-order valence-electron chi connectivity index (χ4n) is 5.13. The zero-order valence-corrected chi connectivity index (χ0v) is 21.5. The van der Waals surface area contributed by atoms with Crippen LogP contribution < -0.4 is 14.8 Å². The first-order chi connectivity index (χ1) is 17.0. The lowest BCUT2D eigenvalue weighted by Gasteiger charge is -2.30. The number of aromatic nitrogens is 1. The van der Waals surface area contributed by atoms with E-state index in [1.165, 1.54) is 0 Å². The summed E-state index contributed by atoms with van der Waals surface area (Å²) in [5.41, 5.74) is 2.77. The van der Waals surface area contributed by atoms with Crippen molar-refractivity contribution in [3.8, 4) is 23.0 Å². The van der Waals surface area contributed by atoms with Crippen LogP contribution in [0.15, 0.2) is 34.7 Å². The molecule has 0 saturated carbocycles. The average Bonchev–Trinajstić information content (AvgIpc) is 3.30. The lowest BCUT2D eigenvalue weighted by atomic mass is 9.98. The molecular weight excluding hydrogens is 440 g/mol. The number of pyridine rings is 1. The van der Waals surface area contributed by atoms with Gasteiger partial charge < -0.3 is 29.0 Å². The van der Waals surface area contributed by atoms with E-state index in [-0.39, 0.29) is 0 Å². The molecule has 0 bridgehead atoms. The second-order valence-corrected chi connectivity index (χ2v) is 10.3. The number of benzene rings is 1. The van der Waals surface area contributed by atoms with Gasteiger partial charge in [0.2, 0.25) is 0 Å². The van der Waals surface area contributed by atoms with Gasteiger partial charge in [-0.15, -0.1) is 0 Å². The molecule has 2 aliphatic rings. The number of nitrogens with zero attached hydrogens (tertiary/aromatic N) is 3. The van der Waals surface area contributed by atoms with Gasteiger partial charge in [0.1, 0.15) is 11.5 Å². The number of rotatable bonds is 7. The van der Waals surface area contributed by atoms with Crippen LogP contribution in [0, 0.1) is 12.8 Å². The number of aryl methyl sites for hydroxylation is 1. The molecule has 3 aromatic rings. The molecule has 0 atom stereocenters. The number of likely N-dealkylation sites (tertiary alicyclic amines) is 2. The summed E-state index contributed by atoms with van der Waals surface area (Å²) in [6, 6.07) is 10.6. The van der Waals surface area contributed by atoms with Crippen LogP contribution >= 0.6 is 0 Å².